The summed E-state index contributed by atoms with van der Waals surface area (Å²) < 4.78 is 14.9. The van der Waals surface area contributed by atoms with Crippen LogP contribution in [0.25, 0.3) is 11.1 Å². The number of carbonyl (C=O) groups excluding carboxylic acids is 1. The van der Waals surface area contributed by atoms with Crippen molar-refractivity contribution in [1.82, 2.24) is 9.97 Å². The molecule has 36 heavy (non-hydrogen) atoms. The molecule has 2 aromatic heterocycles. The molecule has 3 heterocycles. The van der Waals surface area contributed by atoms with Gasteiger partial charge in [-0.05, 0) is 61.4 Å². The molecule has 0 saturated carbocycles. The third-order valence-electron chi connectivity index (χ3n) is 6.26. The molecule has 0 radical (unpaired) electrons. The zero-order chi connectivity index (χ0) is 25.2. The van der Waals surface area contributed by atoms with Crippen LogP contribution in [0.4, 0.5) is 4.39 Å². The average Bonchev–Trinajstić information content (AvgIpc) is 3.54. The summed E-state index contributed by atoms with van der Waals surface area (Å²) in [6, 6.07) is 16.3. The molecule has 0 amide bonds. The first-order chi connectivity index (χ1) is 17.4. The standard InChI is InChI=1S/C29H26FN3O2S/c1-17-7-8-23(24(30)10-17)20-12-21(26-15-28(35-33-26)25-6-4-5-9-31-25)14-22(13-20)27(34)11-18(2)29-32-16-19(3)36-29/h4-10,12-14,16,18,28H,11,15H2,1-3H3/t18-,28?/m0/s1. The Labute approximate surface area is 213 Å². The van der Waals surface area contributed by atoms with Crippen LogP contribution in [0.2, 0.25) is 0 Å². The number of hydrogen-bond donors (Lipinski definition) is 0. The number of hydrogen-bond acceptors (Lipinski definition) is 6. The Morgan fingerprint density at radius 2 is 1.94 bits per heavy atom. The molecule has 0 aliphatic carbocycles. The maximum absolute atomic E-state index is 14.9. The van der Waals surface area contributed by atoms with E-state index in [4.69, 9.17) is 4.84 Å². The van der Waals surface area contributed by atoms with Gasteiger partial charge in [-0.15, -0.1) is 11.3 Å². The van der Waals surface area contributed by atoms with Gasteiger partial charge in [-0.3, -0.25) is 9.78 Å². The first-order valence-electron chi connectivity index (χ1n) is 11.9. The average molecular weight is 500 g/mol. The first kappa shape index (κ1) is 24.0. The van der Waals surface area contributed by atoms with Crippen LogP contribution in [-0.4, -0.2) is 21.5 Å². The zero-order valence-corrected chi connectivity index (χ0v) is 21.2. The molecule has 1 aliphatic rings. The number of oxime groups is 1. The summed E-state index contributed by atoms with van der Waals surface area (Å²) >= 11 is 1.60. The van der Waals surface area contributed by atoms with E-state index in [9.17, 15) is 9.18 Å². The van der Waals surface area contributed by atoms with Crippen LogP contribution in [0.5, 0.6) is 0 Å². The Hall–Kier alpha value is -3.71. The molecule has 5 rings (SSSR count). The van der Waals surface area contributed by atoms with Crippen molar-refractivity contribution in [2.24, 2.45) is 5.16 Å². The van der Waals surface area contributed by atoms with E-state index in [1.54, 1.807) is 29.7 Å². The maximum Gasteiger partial charge on any atom is 0.174 e. The summed E-state index contributed by atoms with van der Waals surface area (Å²) in [5, 5.41) is 5.25. The number of pyridine rings is 1. The molecule has 182 valence electrons. The van der Waals surface area contributed by atoms with Gasteiger partial charge in [0.05, 0.1) is 16.4 Å². The third kappa shape index (κ3) is 5.11. The van der Waals surface area contributed by atoms with Gasteiger partial charge in [0, 0.05) is 52.7 Å². The molecule has 1 aliphatic heterocycles. The second-order valence-corrected chi connectivity index (χ2v) is 10.5. The van der Waals surface area contributed by atoms with Crippen LogP contribution in [0.15, 0.2) is 72.1 Å². The van der Waals surface area contributed by atoms with Crippen molar-refractivity contribution in [2.45, 2.75) is 45.6 Å². The lowest BCUT2D eigenvalue weighted by atomic mass is 9.91. The van der Waals surface area contributed by atoms with Crippen molar-refractivity contribution >= 4 is 22.8 Å². The Balaban J connectivity index is 1.49. The number of Topliss-reactive ketones (excluding diaryl/α,β-unsaturated/α-hetero) is 1. The minimum absolute atomic E-state index is 0.0138. The predicted octanol–water partition coefficient (Wildman–Crippen LogP) is 7.20. The van der Waals surface area contributed by atoms with Gasteiger partial charge < -0.3 is 4.84 Å². The normalized spacial score (nSPS) is 15.9. The van der Waals surface area contributed by atoms with E-state index in [0.717, 1.165) is 26.7 Å². The number of aromatic nitrogens is 2. The summed E-state index contributed by atoms with van der Waals surface area (Å²) in [4.78, 5) is 29.0. The van der Waals surface area contributed by atoms with E-state index >= 15 is 0 Å². The highest BCUT2D eigenvalue weighted by Gasteiger charge is 2.26. The SMILES string of the molecule is Cc1ccc(-c2cc(C(=O)C[C@H](C)c3ncc(C)s3)cc(C3=NOC(c4ccccn4)C3)c2)c(F)c1. The van der Waals surface area contributed by atoms with E-state index in [2.05, 4.69) is 15.1 Å². The highest BCUT2D eigenvalue weighted by atomic mass is 32.1. The molecule has 2 atom stereocenters. The molecule has 5 nitrogen and oxygen atoms in total. The Bertz CT molecular complexity index is 1450. The fourth-order valence-corrected chi connectivity index (χ4v) is 5.15. The number of aryl methyl sites for hydroxylation is 2. The van der Waals surface area contributed by atoms with Crippen molar-refractivity contribution in [2.75, 3.05) is 0 Å². The first-order valence-corrected chi connectivity index (χ1v) is 12.7. The molecular formula is C29H26FN3O2S. The number of rotatable bonds is 7. The molecule has 1 unspecified atom stereocenters. The van der Waals surface area contributed by atoms with Crippen LogP contribution in [0.1, 0.15) is 68.9 Å². The van der Waals surface area contributed by atoms with Crippen LogP contribution in [0, 0.1) is 19.7 Å². The van der Waals surface area contributed by atoms with Gasteiger partial charge in [-0.25, -0.2) is 9.37 Å². The van der Waals surface area contributed by atoms with Crippen LogP contribution in [0.3, 0.4) is 0 Å². The van der Waals surface area contributed by atoms with Gasteiger partial charge in [-0.2, -0.15) is 0 Å². The fourth-order valence-electron chi connectivity index (χ4n) is 4.32. The van der Waals surface area contributed by atoms with Gasteiger partial charge in [0.25, 0.3) is 0 Å². The number of benzene rings is 2. The highest BCUT2D eigenvalue weighted by Crippen LogP contribution is 2.33. The van der Waals surface area contributed by atoms with Gasteiger partial charge in [0.1, 0.15) is 5.82 Å². The molecule has 0 spiro atoms. The monoisotopic (exact) mass is 499 g/mol. The second kappa shape index (κ2) is 10.1. The molecule has 7 heteroatoms. The topological polar surface area (TPSA) is 64.4 Å². The van der Waals surface area contributed by atoms with Gasteiger partial charge in [-0.1, -0.05) is 30.3 Å². The Morgan fingerprint density at radius 1 is 1.11 bits per heavy atom. The quantitative estimate of drug-likeness (QED) is 0.252. The highest BCUT2D eigenvalue weighted by molar-refractivity contribution is 7.11. The summed E-state index contributed by atoms with van der Waals surface area (Å²) in [6.45, 7) is 5.86. The van der Waals surface area contributed by atoms with E-state index in [-0.39, 0.29) is 23.6 Å². The molecule has 0 saturated heterocycles. The third-order valence-corrected chi connectivity index (χ3v) is 7.41. The van der Waals surface area contributed by atoms with E-state index in [1.165, 1.54) is 6.07 Å². The number of ketones is 1. The summed E-state index contributed by atoms with van der Waals surface area (Å²) in [5.74, 6) is -0.361. The summed E-state index contributed by atoms with van der Waals surface area (Å²) in [6.07, 6.45) is 4.08. The molecular weight excluding hydrogens is 473 g/mol. The maximum atomic E-state index is 14.9. The lowest BCUT2D eigenvalue weighted by Crippen LogP contribution is -2.08. The van der Waals surface area contributed by atoms with Gasteiger partial charge >= 0.3 is 0 Å². The van der Waals surface area contributed by atoms with Crippen molar-refractivity contribution in [3.8, 4) is 11.1 Å². The largest absolute Gasteiger partial charge is 0.385 e. The molecule has 0 N–H and O–H groups in total. The van der Waals surface area contributed by atoms with E-state index < -0.39 is 0 Å². The lowest BCUT2D eigenvalue weighted by molar-refractivity contribution is 0.0826. The minimum atomic E-state index is -0.326. The predicted molar refractivity (Wildman–Crippen MR) is 140 cm³/mol. The minimum Gasteiger partial charge on any atom is -0.385 e. The molecule has 2 aromatic carbocycles. The van der Waals surface area contributed by atoms with Crippen molar-refractivity contribution < 1.29 is 14.0 Å². The number of nitrogens with zero attached hydrogens (tertiary/aromatic N) is 3. The van der Waals surface area contributed by atoms with Gasteiger partial charge in [0.2, 0.25) is 0 Å². The Kier molecular flexibility index (Phi) is 6.74. The molecule has 4 aromatic rings. The second-order valence-electron chi connectivity index (χ2n) is 9.21. The van der Waals surface area contributed by atoms with Crippen molar-refractivity contribution in [1.29, 1.82) is 0 Å². The zero-order valence-electron chi connectivity index (χ0n) is 20.4. The van der Waals surface area contributed by atoms with E-state index in [1.807, 2.05) is 63.4 Å². The molecule has 0 fully saturated rings. The van der Waals surface area contributed by atoms with Crippen molar-refractivity contribution in [3.05, 3.63) is 105 Å². The number of halogens is 1. The van der Waals surface area contributed by atoms with Crippen LogP contribution < -0.4 is 0 Å². The summed E-state index contributed by atoms with van der Waals surface area (Å²) in [7, 11) is 0. The number of carbonyl (C=O) groups is 1. The lowest BCUT2D eigenvalue weighted by Gasteiger charge is -2.12. The van der Waals surface area contributed by atoms with Gasteiger partial charge in [0.15, 0.2) is 11.9 Å². The number of thiazole rings is 1. The Morgan fingerprint density at radius 3 is 2.67 bits per heavy atom. The summed E-state index contributed by atoms with van der Waals surface area (Å²) in [5.41, 5.74) is 4.68. The van der Waals surface area contributed by atoms with Crippen LogP contribution in [-0.2, 0) is 4.84 Å². The van der Waals surface area contributed by atoms with Crippen LogP contribution >= 0.6 is 11.3 Å². The smallest absolute Gasteiger partial charge is 0.174 e. The fraction of sp³-hybridized carbons (Fsp3) is 0.241. The molecule has 0 bridgehead atoms. The van der Waals surface area contributed by atoms with E-state index in [0.29, 0.717) is 35.2 Å². The van der Waals surface area contributed by atoms with Crippen molar-refractivity contribution in [3.63, 3.8) is 0 Å².